The molecule has 2 aliphatic heterocycles. The van der Waals surface area contributed by atoms with Crippen molar-refractivity contribution in [3.05, 3.63) is 29.8 Å². The lowest BCUT2D eigenvalue weighted by Crippen LogP contribution is -2.46. The maximum absolute atomic E-state index is 13.1. The number of rotatable bonds is 5. The maximum atomic E-state index is 13.1. The molecule has 0 N–H and O–H groups in total. The van der Waals surface area contributed by atoms with Gasteiger partial charge in [0.25, 0.3) is 6.43 Å². The van der Waals surface area contributed by atoms with Gasteiger partial charge in [0.15, 0.2) is 0 Å². The third kappa shape index (κ3) is 4.24. The van der Waals surface area contributed by atoms with Gasteiger partial charge in [-0.3, -0.25) is 9.58 Å². The Balaban J connectivity index is 1.37. The van der Waals surface area contributed by atoms with Crippen molar-refractivity contribution in [2.45, 2.75) is 32.2 Å². The molecule has 4 rings (SSSR count). The average molecular weight is 391 g/mol. The third-order valence-electron chi connectivity index (χ3n) is 5.55. The number of halogens is 2. The summed E-state index contributed by atoms with van der Waals surface area (Å²) in [5.41, 5.74) is 0.507. The second-order valence-electron chi connectivity index (χ2n) is 7.56. The van der Waals surface area contributed by atoms with E-state index >= 15 is 0 Å². The van der Waals surface area contributed by atoms with Gasteiger partial charge in [0.2, 0.25) is 0 Å². The van der Waals surface area contributed by atoms with Crippen LogP contribution in [-0.4, -0.2) is 63.9 Å². The minimum absolute atomic E-state index is 0.105. The van der Waals surface area contributed by atoms with E-state index in [1.165, 1.54) is 23.9 Å². The van der Waals surface area contributed by atoms with Crippen molar-refractivity contribution >= 4 is 11.6 Å². The second-order valence-corrected chi connectivity index (χ2v) is 7.56. The van der Waals surface area contributed by atoms with Crippen LogP contribution in [0.5, 0.6) is 0 Å². The Labute approximate surface area is 164 Å². The molecule has 0 radical (unpaired) electrons. The molecule has 0 saturated carbocycles. The van der Waals surface area contributed by atoms with Gasteiger partial charge in [-0.05, 0) is 19.3 Å². The Bertz CT molecular complexity index is 780. The topological polar surface area (TPSA) is 53.3 Å². The molecule has 4 heterocycles. The summed E-state index contributed by atoms with van der Waals surface area (Å²) in [6, 6.07) is 2.08. The van der Waals surface area contributed by atoms with Gasteiger partial charge in [0.1, 0.15) is 23.7 Å². The normalized spacial score (nSPS) is 18.9. The molecule has 2 fully saturated rings. The van der Waals surface area contributed by atoms with Crippen LogP contribution in [0.15, 0.2) is 18.6 Å². The number of anilines is 2. The van der Waals surface area contributed by atoms with Crippen LogP contribution in [0.4, 0.5) is 20.4 Å². The van der Waals surface area contributed by atoms with E-state index in [9.17, 15) is 8.78 Å². The molecule has 9 heteroatoms. The summed E-state index contributed by atoms with van der Waals surface area (Å²) in [4.78, 5) is 15.7. The fourth-order valence-corrected chi connectivity index (χ4v) is 4.04. The van der Waals surface area contributed by atoms with Gasteiger partial charge in [-0.2, -0.15) is 5.10 Å². The Morgan fingerprint density at radius 1 is 0.929 bits per heavy atom. The first-order chi connectivity index (χ1) is 13.6. The van der Waals surface area contributed by atoms with E-state index in [0.29, 0.717) is 12.1 Å². The Hall–Kier alpha value is -2.29. The molecule has 2 aromatic heterocycles. The molecular weight excluding hydrogens is 364 g/mol. The molecule has 152 valence electrons. The number of aromatic nitrogens is 4. The summed E-state index contributed by atoms with van der Waals surface area (Å²) in [5, 5.41) is 3.90. The van der Waals surface area contributed by atoms with Crippen molar-refractivity contribution in [1.29, 1.82) is 0 Å². The number of piperidine rings is 1. The van der Waals surface area contributed by atoms with Crippen LogP contribution in [0.3, 0.4) is 0 Å². The highest BCUT2D eigenvalue weighted by Crippen LogP contribution is 2.24. The molecular formula is C19H27F2N7. The zero-order valence-corrected chi connectivity index (χ0v) is 16.3. The van der Waals surface area contributed by atoms with Crippen LogP contribution in [0.2, 0.25) is 0 Å². The molecule has 2 aromatic rings. The molecule has 7 nitrogen and oxygen atoms in total. The van der Waals surface area contributed by atoms with Gasteiger partial charge >= 0.3 is 0 Å². The predicted octanol–water partition coefficient (Wildman–Crippen LogP) is 2.46. The predicted molar refractivity (Wildman–Crippen MR) is 104 cm³/mol. The number of aryl methyl sites for hydroxylation is 1. The summed E-state index contributed by atoms with van der Waals surface area (Å²) in [6.45, 7) is 5.87. The van der Waals surface area contributed by atoms with E-state index in [4.69, 9.17) is 0 Å². The van der Waals surface area contributed by atoms with E-state index in [0.717, 1.165) is 50.9 Å². The first-order valence-corrected chi connectivity index (χ1v) is 9.95. The molecule has 2 aliphatic rings. The van der Waals surface area contributed by atoms with E-state index < -0.39 is 6.43 Å². The van der Waals surface area contributed by atoms with Crippen LogP contribution < -0.4 is 9.80 Å². The lowest BCUT2D eigenvalue weighted by atomic mass is 10.1. The van der Waals surface area contributed by atoms with E-state index in [2.05, 4.69) is 35.8 Å². The molecule has 0 aromatic carbocycles. The fraction of sp³-hybridized carbons (Fsp3) is 0.632. The molecule has 0 atom stereocenters. The minimum atomic E-state index is -2.54. The van der Waals surface area contributed by atoms with Gasteiger partial charge in [0.05, 0.1) is 0 Å². The first kappa shape index (κ1) is 19.0. The van der Waals surface area contributed by atoms with Gasteiger partial charge in [-0.25, -0.2) is 18.7 Å². The van der Waals surface area contributed by atoms with Crippen molar-refractivity contribution in [2.75, 3.05) is 49.1 Å². The Kier molecular flexibility index (Phi) is 5.70. The monoisotopic (exact) mass is 391 g/mol. The summed E-state index contributed by atoms with van der Waals surface area (Å²) in [7, 11) is 1.68. The van der Waals surface area contributed by atoms with Crippen LogP contribution in [-0.2, 0) is 13.6 Å². The number of nitrogens with zero attached hydrogens (tertiary/aromatic N) is 7. The SMILES string of the molecule is Cn1cc(CN2CCN(c3cc(N4CCCCC4)ncn3)CC2)c(C(F)F)n1. The van der Waals surface area contributed by atoms with Gasteiger partial charge in [-0.1, -0.05) is 0 Å². The molecule has 0 aliphatic carbocycles. The zero-order chi connectivity index (χ0) is 19.5. The van der Waals surface area contributed by atoms with Gasteiger partial charge in [0, 0.05) is 70.7 Å². The highest BCUT2D eigenvalue weighted by atomic mass is 19.3. The van der Waals surface area contributed by atoms with Crippen molar-refractivity contribution in [2.24, 2.45) is 7.05 Å². The molecule has 0 spiro atoms. The van der Waals surface area contributed by atoms with Crippen molar-refractivity contribution in [3.8, 4) is 0 Å². The van der Waals surface area contributed by atoms with Crippen LogP contribution >= 0.6 is 0 Å². The zero-order valence-electron chi connectivity index (χ0n) is 16.3. The van der Waals surface area contributed by atoms with Crippen LogP contribution in [0, 0.1) is 0 Å². The number of hydrogen-bond acceptors (Lipinski definition) is 6. The molecule has 0 unspecified atom stereocenters. The highest BCUT2D eigenvalue weighted by molar-refractivity contribution is 5.50. The van der Waals surface area contributed by atoms with Crippen LogP contribution in [0.25, 0.3) is 0 Å². The van der Waals surface area contributed by atoms with Gasteiger partial charge in [-0.15, -0.1) is 0 Å². The maximum Gasteiger partial charge on any atom is 0.282 e. The highest BCUT2D eigenvalue weighted by Gasteiger charge is 2.23. The Morgan fingerprint density at radius 2 is 1.57 bits per heavy atom. The molecule has 0 amide bonds. The van der Waals surface area contributed by atoms with Crippen molar-refractivity contribution < 1.29 is 8.78 Å². The van der Waals surface area contributed by atoms with Crippen molar-refractivity contribution in [3.63, 3.8) is 0 Å². The van der Waals surface area contributed by atoms with E-state index in [1.807, 2.05) is 0 Å². The third-order valence-corrected chi connectivity index (χ3v) is 5.55. The summed E-state index contributed by atoms with van der Waals surface area (Å²) < 4.78 is 27.8. The molecule has 0 bridgehead atoms. The van der Waals surface area contributed by atoms with E-state index in [1.54, 1.807) is 19.6 Å². The number of piperazine rings is 1. The first-order valence-electron chi connectivity index (χ1n) is 9.95. The smallest absolute Gasteiger partial charge is 0.282 e. The average Bonchev–Trinajstić information content (AvgIpc) is 3.10. The standard InChI is InChI=1S/C19H27F2N7/c1-25-12-15(18(24-25)19(20)21)13-26-7-9-28(10-8-26)17-11-16(22-14-23-17)27-5-3-2-4-6-27/h11-12,14,19H,2-10,13H2,1H3. The summed E-state index contributed by atoms with van der Waals surface area (Å²) in [5.74, 6) is 1.95. The molecule has 2 saturated heterocycles. The summed E-state index contributed by atoms with van der Waals surface area (Å²) >= 11 is 0. The van der Waals surface area contributed by atoms with Crippen molar-refractivity contribution in [1.82, 2.24) is 24.6 Å². The fourth-order valence-electron chi connectivity index (χ4n) is 4.04. The lowest BCUT2D eigenvalue weighted by Gasteiger charge is -2.36. The quantitative estimate of drug-likeness (QED) is 0.781. The number of alkyl halides is 2. The minimum Gasteiger partial charge on any atom is -0.356 e. The van der Waals surface area contributed by atoms with Gasteiger partial charge < -0.3 is 9.80 Å². The largest absolute Gasteiger partial charge is 0.356 e. The lowest BCUT2D eigenvalue weighted by molar-refractivity contribution is 0.142. The summed E-state index contributed by atoms with van der Waals surface area (Å²) in [6.07, 6.45) is 4.53. The van der Waals surface area contributed by atoms with E-state index in [-0.39, 0.29) is 5.69 Å². The Morgan fingerprint density at radius 3 is 2.21 bits per heavy atom. The number of hydrogen-bond donors (Lipinski definition) is 0. The van der Waals surface area contributed by atoms with Crippen LogP contribution in [0.1, 0.15) is 36.9 Å². The second kappa shape index (κ2) is 8.38. The molecule has 28 heavy (non-hydrogen) atoms.